The number of hydrogen-bond acceptors (Lipinski definition) is 3. The van der Waals surface area contributed by atoms with Crippen LogP contribution in [0.2, 0.25) is 0 Å². The van der Waals surface area contributed by atoms with Gasteiger partial charge in [0.2, 0.25) is 0 Å². The quantitative estimate of drug-likeness (QED) is 0.873. The topological polar surface area (TPSA) is 66.7 Å². The van der Waals surface area contributed by atoms with E-state index in [1.807, 2.05) is 35.9 Å². The summed E-state index contributed by atoms with van der Waals surface area (Å²) in [5, 5.41) is 2.98. The highest BCUT2D eigenvalue weighted by molar-refractivity contribution is 6.07. The van der Waals surface area contributed by atoms with Crippen LogP contribution in [0.25, 0.3) is 5.65 Å². The number of urea groups is 1. The van der Waals surface area contributed by atoms with E-state index in [2.05, 4.69) is 17.2 Å². The summed E-state index contributed by atoms with van der Waals surface area (Å²) < 4.78 is 1.94. The molecule has 0 atom stereocenters. The van der Waals surface area contributed by atoms with Gasteiger partial charge in [-0.25, -0.2) is 9.78 Å². The van der Waals surface area contributed by atoms with E-state index >= 15 is 0 Å². The number of fused-ring (bicyclic) bond motifs is 1. The summed E-state index contributed by atoms with van der Waals surface area (Å²) in [4.78, 5) is 31.3. The van der Waals surface area contributed by atoms with Crippen molar-refractivity contribution in [2.24, 2.45) is 5.92 Å². The molecule has 4 rings (SSSR count). The zero-order valence-electron chi connectivity index (χ0n) is 14.8. The third-order valence-corrected chi connectivity index (χ3v) is 5.75. The Labute approximate surface area is 147 Å². The fourth-order valence-electron chi connectivity index (χ4n) is 4.13. The highest BCUT2D eigenvalue weighted by atomic mass is 16.2. The smallest absolute Gasteiger partial charge is 0.323 e. The van der Waals surface area contributed by atoms with E-state index in [4.69, 9.17) is 0 Å². The summed E-state index contributed by atoms with van der Waals surface area (Å²) in [6.07, 6.45) is 8.53. The summed E-state index contributed by atoms with van der Waals surface area (Å²) >= 11 is 0. The van der Waals surface area contributed by atoms with Crippen molar-refractivity contribution in [1.82, 2.24) is 19.6 Å². The van der Waals surface area contributed by atoms with Crippen LogP contribution < -0.4 is 5.32 Å². The van der Waals surface area contributed by atoms with Gasteiger partial charge in [-0.3, -0.25) is 9.69 Å². The second-order valence-electron chi connectivity index (χ2n) is 7.46. The number of pyridine rings is 1. The number of rotatable bonds is 3. The Balaban J connectivity index is 1.54. The van der Waals surface area contributed by atoms with Gasteiger partial charge in [0.15, 0.2) is 0 Å². The lowest BCUT2D eigenvalue weighted by atomic mass is 9.75. The minimum absolute atomic E-state index is 0.0831. The van der Waals surface area contributed by atoms with Gasteiger partial charge in [-0.1, -0.05) is 19.4 Å². The lowest BCUT2D eigenvalue weighted by molar-refractivity contribution is -0.133. The number of nitrogens with one attached hydrogen (secondary N) is 1. The molecule has 0 bridgehead atoms. The Hall–Kier alpha value is -2.37. The summed E-state index contributed by atoms with van der Waals surface area (Å²) in [6.45, 7) is 4.44. The molecule has 2 aromatic heterocycles. The molecule has 3 amide bonds. The van der Waals surface area contributed by atoms with Gasteiger partial charge in [-0.05, 0) is 50.2 Å². The third kappa shape index (κ3) is 2.69. The highest BCUT2D eigenvalue weighted by Crippen LogP contribution is 2.37. The first kappa shape index (κ1) is 16.1. The van der Waals surface area contributed by atoms with Crippen molar-refractivity contribution in [2.75, 3.05) is 0 Å². The molecule has 1 aliphatic carbocycles. The van der Waals surface area contributed by atoms with E-state index in [1.165, 1.54) is 4.90 Å². The first-order valence-corrected chi connectivity index (χ1v) is 9.09. The van der Waals surface area contributed by atoms with Gasteiger partial charge in [0.05, 0.1) is 12.2 Å². The number of imide groups is 1. The number of aryl methyl sites for hydroxylation is 1. The van der Waals surface area contributed by atoms with Crippen molar-refractivity contribution < 1.29 is 9.59 Å². The van der Waals surface area contributed by atoms with Gasteiger partial charge in [-0.2, -0.15) is 0 Å². The van der Waals surface area contributed by atoms with Crippen LogP contribution in [0.5, 0.6) is 0 Å². The summed E-state index contributed by atoms with van der Waals surface area (Å²) in [5.41, 5.74) is 2.01. The number of carbonyl (C=O) groups is 2. The molecule has 0 aromatic carbocycles. The van der Waals surface area contributed by atoms with Crippen molar-refractivity contribution in [1.29, 1.82) is 0 Å². The SMILES string of the molecule is CCC1CCC2(CC1)NC(=O)N(Cc1cn3cc(C)ccc3n1)C2=O. The molecule has 132 valence electrons. The van der Waals surface area contributed by atoms with Crippen LogP contribution in [0, 0.1) is 12.8 Å². The average molecular weight is 340 g/mol. The maximum atomic E-state index is 13.0. The van der Waals surface area contributed by atoms with Gasteiger partial charge < -0.3 is 9.72 Å². The Bertz CT molecular complexity index is 833. The minimum atomic E-state index is -0.682. The molecule has 1 saturated heterocycles. The maximum Gasteiger partial charge on any atom is 0.325 e. The molecule has 1 spiro atoms. The Kier molecular flexibility index (Phi) is 3.78. The lowest BCUT2D eigenvalue weighted by Crippen LogP contribution is -2.49. The van der Waals surface area contributed by atoms with Crippen molar-refractivity contribution in [3.8, 4) is 0 Å². The Morgan fingerprint density at radius 2 is 2.00 bits per heavy atom. The molecule has 2 aliphatic rings. The molecule has 0 unspecified atom stereocenters. The summed E-state index contributed by atoms with van der Waals surface area (Å²) in [5.74, 6) is 0.589. The molecule has 1 aliphatic heterocycles. The van der Waals surface area contributed by atoms with Crippen LogP contribution >= 0.6 is 0 Å². The van der Waals surface area contributed by atoms with E-state index in [9.17, 15) is 9.59 Å². The van der Waals surface area contributed by atoms with E-state index in [1.54, 1.807) is 0 Å². The fourth-order valence-corrected chi connectivity index (χ4v) is 4.13. The van der Waals surface area contributed by atoms with Crippen molar-refractivity contribution >= 4 is 17.6 Å². The van der Waals surface area contributed by atoms with Crippen LogP contribution in [0.15, 0.2) is 24.5 Å². The van der Waals surface area contributed by atoms with Crippen molar-refractivity contribution in [3.63, 3.8) is 0 Å². The van der Waals surface area contributed by atoms with Gasteiger partial charge in [0, 0.05) is 12.4 Å². The molecule has 25 heavy (non-hydrogen) atoms. The normalized spacial score (nSPS) is 26.6. The molecule has 6 nitrogen and oxygen atoms in total. The van der Waals surface area contributed by atoms with E-state index in [-0.39, 0.29) is 18.5 Å². The summed E-state index contributed by atoms with van der Waals surface area (Å²) in [7, 11) is 0. The predicted octanol–water partition coefficient (Wildman–Crippen LogP) is 3.03. The number of aromatic nitrogens is 2. The zero-order valence-corrected chi connectivity index (χ0v) is 14.8. The number of imidazole rings is 1. The molecule has 0 radical (unpaired) electrons. The molecule has 2 aromatic rings. The predicted molar refractivity (Wildman–Crippen MR) is 94.0 cm³/mol. The number of hydrogen-bond donors (Lipinski definition) is 1. The van der Waals surface area contributed by atoms with Crippen LogP contribution in [-0.2, 0) is 11.3 Å². The summed E-state index contributed by atoms with van der Waals surface area (Å²) in [6, 6.07) is 3.66. The molecular weight excluding hydrogens is 316 g/mol. The monoisotopic (exact) mass is 340 g/mol. The molecule has 1 N–H and O–H groups in total. The standard InChI is InChI=1S/C19H24N4O2/c1-3-14-6-8-19(9-7-14)17(24)23(18(25)21-19)12-15-11-22-10-13(2)4-5-16(22)20-15/h4-5,10-11,14H,3,6-9,12H2,1-2H3,(H,21,25). The maximum absolute atomic E-state index is 13.0. The van der Waals surface area contributed by atoms with Crippen LogP contribution in [-0.4, -0.2) is 31.8 Å². The van der Waals surface area contributed by atoms with Gasteiger partial charge in [0.1, 0.15) is 11.2 Å². The molecular formula is C19H24N4O2. The Morgan fingerprint density at radius 1 is 1.24 bits per heavy atom. The van der Waals surface area contributed by atoms with Crippen LogP contribution in [0.4, 0.5) is 4.79 Å². The van der Waals surface area contributed by atoms with Gasteiger partial charge in [0.25, 0.3) is 5.91 Å². The third-order valence-electron chi connectivity index (χ3n) is 5.75. The molecule has 3 heterocycles. The van der Waals surface area contributed by atoms with Gasteiger partial charge >= 0.3 is 6.03 Å². The highest BCUT2D eigenvalue weighted by Gasteiger charge is 2.52. The van der Waals surface area contributed by atoms with E-state index in [0.29, 0.717) is 5.92 Å². The van der Waals surface area contributed by atoms with Crippen molar-refractivity contribution in [3.05, 3.63) is 35.8 Å². The largest absolute Gasteiger partial charge is 0.325 e. The number of nitrogens with zero attached hydrogens (tertiary/aromatic N) is 3. The molecule has 1 saturated carbocycles. The minimum Gasteiger partial charge on any atom is -0.323 e. The number of carbonyl (C=O) groups excluding carboxylic acids is 2. The second kappa shape index (κ2) is 5.86. The number of amides is 3. The zero-order chi connectivity index (χ0) is 17.6. The first-order valence-electron chi connectivity index (χ1n) is 9.09. The Morgan fingerprint density at radius 3 is 2.72 bits per heavy atom. The van der Waals surface area contributed by atoms with Gasteiger partial charge in [-0.15, -0.1) is 0 Å². The van der Waals surface area contributed by atoms with Crippen molar-refractivity contribution in [2.45, 2.75) is 58.0 Å². The molecule has 6 heteroatoms. The fraction of sp³-hybridized carbons (Fsp3) is 0.526. The van der Waals surface area contributed by atoms with E-state index < -0.39 is 5.54 Å². The lowest BCUT2D eigenvalue weighted by Gasteiger charge is -2.34. The first-order chi connectivity index (χ1) is 12.0. The average Bonchev–Trinajstić information content (AvgIpc) is 3.09. The van der Waals surface area contributed by atoms with E-state index in [0.717, 1.165) is 49.0 Å². The second-order valence-corrected chi connectivity index (χ2v) is 7.46. The molecule has 2 fully saturated rings. The van der Waals surface area contributed by atoms with Crippen LogP contribution in [0.3, 0.4) is 0 Å². The van der Waals surface area contributed by atoms with Crippen LogP contribution in [0.1, 0.15) is 50.3 Å².